The number of carbonyl (C=O) groups excluding carboxylic acids is 2. The summed E-state index contributed by atoms with van der Waals surface area (Å²) in [6.07, 6.45) is 7.20. The molecule has 1 aromatic carbocycles. The topological polar surface area (TPSA) is 62.7 Å². The minimum absolute atomic E-state index is 0.0105. The molecule has 4 rings (SSSR count). The summed E-state index contributed by atoms with van der Waals surface area (Å²) in [5.41, 5.74) is 3.17. The number of pyridine rings is 1. The van der Waals surface area contributed by atoms with E-state index in [0.717, 1.165) is 29.5 Å². The predicted octanol–water partition coefficient (Wildman–Crippen LogP) is 2.94. The zero-order chi connectivity index (χ0) is 21.6. The van der Waals surface area contributed by atoms with E-state index in [1.54, 1.807) is 12.3 Å². The lowest BCUT2D eigenvalue weighted by Gasteiger charge is -2.26. The molecule has 0 aliphatic carbocycles. The van der Waals surface area contributed by atoms with Gasteiger partial charge in [0.05, 0.1) is 5.92 Å². The van der Waals surface area contributed by atoms with E-state index in [2.05, 4.69) is 23.7 Å². The van der Waals surface area contributed by atoms with Gasteiger partial charge in [0.15, 0.2) is 0 Å². The summed E-state index contributed by atoms with van der Waals surface area (Å²) in [6, 6.07) is 12.1. The third kappa shape index (κ3) is 4.85. The monoisotopic (exact) mass is 419 g/mol. The Balaban J connectivity index is 1.60. The molecule has 6 heteroatoms. The molecule has 162 valence electrons. The third-order valence-corrected chi connectivity index (χ3v) is 6.06. The Labute approximate surface area is 183 Å². The van der Waals surface area contributed by atoms with Crippen LogP contribution in [0.3, 0.4) is 0 Å². The van der Waals surface area contributed by atoms with Crippen molar-refractivity contribution in [3.05, 3.63) is 67.0 Å². The van der Waals surface area contributed by atoms with Gasteiger partial charge in [0.25, 0.3) is 5.91 Å². The van der Waals surface area contributed by atoms with E-state index in [-0.39, 0.29) is 23.8 Å². The lowest BCUT2D eigenvalue weighted by Crippen LogP contribution is -2.42. The first-order chi connectivity index (χ1) is 15.2. The molecule has 6 nitrogen and oxygen atoms in total. The van der Waals surface area contributed by atoms with Gasteiger partial charge in [0, 0.05) is 50.7 Å². The average molecular weight is 420 g/mol. The van der Waals surface area contributed by atoms with E-state index in [1.165, 1.54) is 0 Å². The maximum atomic E-state index is 13.4. The van der Waals surface area contributed by atoms with Crippen LogP contribution in [0.5, 0.6) is 0 Å². The van der Waals surface area contributed by atoms with E-state index in [1.807, 2.05) is 40.3 Å². The first-order valence-electron chi connectivity index (χ1n) is 11.0. The zero-order valence-electron chi connectivity index (χ0n) is 17.8. The van der Waals surface area contributed by atoms with Crippen LogP contribution in [0.25, 0.3) is 11.1 Å². The summed E-state index contributed by atoms with van der Waals surface area (Å²) in [6.45, 7) is 6.37. The largest absolute Gasteiger partial charge is 0.368 e. The number of hydrogen-bond acceptors (Lipinski definition) is 4. The smallest absolute Gasteiger partial charge is 0.251 e. The minimum Gasteiger partial charge on any atom is -0.368 e. The highest BCUT2D eigenvalue weighted by Crippen LogP contribution is 2.27. The fourth-order valence-corrected chi connectivity index (χ4v) is 4.48. The Morgan fingerprint density at radius 2 is 2.10 bits per heavy atom. The first kappa shape index (κ1) is 21.2. The highest BCUT2D eigenvalue weighted by molar-refractivity contribution is 5.84. The molecule has 0 unspecified atom stereocenters. The van der Waals surface area contributed by atoms with Crippen LogP contribution in [0.1, 0.15) is 18.4 Å². The fourth-order valence-electron chi connectivity index (χ4n) is 4.48. The van der Waals surface area contributed by atoms with Crippen molar-refractivity contribution in [1.29, 1.82) is 0 Å². The molecule has 0 saturated carbocycles. The number of rotatable bonds is 6. The number of aromatic nitrogens is 1. The number of nitrogens with zero attached hydrogens (tertiary/aromatic N) is 3. The number of amides is 2. The number of ether oxygens (including phenoxy) is 1. The summed E-state index contributed by atoms with van der Waals surface area (Å²) in [7, 11) is 0. The third-order valence-electron chi connectivity index (χ3n) is 6.06. The van der Waals surface area contributed by atoms with E-state index in [4.69, 9.17) is 4.74 Å². The molecule has 2 aliphatic heterocycles. The summed E-state index contributed by atoms with van der Waals surface area (Å²) in [5.74, 6) is -0.231. The molecule has 2 fully saturated rings. The molecule has 0 spiro atoms. The molecule has 31 heavy (non-hydrogen) atoms. The molecule has 2 atom stereocenters. The average Bonchev–Trinajstić information content (AvgIpc) is 3.30. The Morgan fingerprint density at radius 1 is 1.23 bits per heavy atom. The van der Waals surface area contributed by atoms with Gasteiger partial charge in [-0.25, -0.2) is 0 Å². The maximum absolute atomic E-state index is 13.4. The van der Waals surface area contributed by atoms with Gasteiger partial charge in [-0.05, 0) is 36.5 Å². The van der Waals surface area contributed by atoms with Gasteiger partial charge in [-0.15, -0.1) is 6.58 Å². The van der Waals surface area contributed by atoms with Crippen LogP contribution in [-0.2, 0) is 20.7 Å². The van der Waals surface area contributed by atoms with Crippen LogP contribution in [0.15, 0.2) is 61.4 Å². The van der Waals surface area contributed by atoms with Crippen LogP contribution in [0.4, 0.5) is 0 Å². The molecular weight excluding hydrogens is 390 g/mol. The molecule has 0 N–H and O–H groups in total. The molecule has 3 heterocycles. The number of benzene rings is 1. The molecule has 0 radical (unpaired) electrons. The van der Waals surface area contributed by atoms with Crippen molar-refractivity contribution in [3.8, 4) is 11.1 Å². The fraction of sp³-hybridized carbons (Fsp3) is 0.400. The van der Waals surface area contributed by atoms with E-state index in [9.17, 15) is 9.59 Å². The second-order valence-electron chi connectivity index (χ2n) is 8.16. The van der Waals surface area contributed by atoms with Gasteiger partial charge in [0.2, 0.25) is 5.91 Å². The predicted molar refractivity (Wildman–Crippen MR) is 119 cm³/mol. The minimum atomic E-state index is -0.371. The quantitative estimate of drug-likeness (QED) is 0.676. The summed E-state index contributed by atoms with van der Waals surface area (Å²) < 4.78 is 5.63. The van der Waals surface area contributed by atoms with Crippen molar-refractivity contribution < 1.29 is 14.3 Å². The first-order valence-corrected chi connectivity index (χ1v) is 11.0. The second kappa shape index (κ2) is 9.88. The van der Waals surface area contributed by atoms with E-state index >= 15 is 0 Å². The van der Waals surface area contributed by atoms with Crippen molar-refractivity contribution in [3.63, 3.8) is 0 Å². The lowest BCUT2D eigenvalue weighted by atomic mass is 9.91. The Bertz CT molecular complexity index is 925. The molecule has 1 aromatic heterocycles. The second-order valence-corrected chi connectivity index (χ2v) is 8.16. The zero-order valence-corrected chi connectivity index (χ0v) is 17.8. The highest BCUT2D eigenvalue weighted by atomic mass is 16.5. The summed E-state index contributed by atoms with van der Waals surface area (Å²) >= 11 is 0. The van der Waals surface area contributed by atoms with E-state index in [0.29, 0.717) is 39.2 Å². The van der Waals surface area contributed by atoms with Crippen molar-refractivity contribution in [1.82, 2.24) is 14.8 Å². The maximum Gasteiger partial charge on any atom is 0.251 e. The Hall–Kier alpha value is -2.99. The molecule has 2 saturated heterocycles. The van der Waals surface area contributed by atoms with Crippen LogP contribution in [0, 0.1) is 5.92 Å². The van der Waals surface area contributed by atoms with Gasteiger partial charge >= 0.3 is 0 Å². The van der Waals surface area contributed by atoms with Gasteiger partial charge < -0.3 is 14.5 Å². The van der Waals surface area contributed by atoms with Crippen molar-refractivity contribution in [2.45, 2.75) is 25.4 Å². The van der Waals surface area contributed by atoms with Gasteiger partial charge in [-0.2, -0.15) is 0 Å². The van der Waals surface area contributed by atoms with Crippen molar-refractivity contribution in [2.24, 2.45) is 5.92 Å². The molecule has 0 bridgehead atoms. The van der Waals surface area contributed by atoms with Gasteiger partial charge in [-0.1, -0.05) is 36.4 Å². The van der Waals surface area contributed by atoms with Crippen LogP contribution < -0.4 is 0 Å². The summed E-state index contributed by atoms with van der Waals surface area (Å²) in [5, 5.41) is 0. The standard InChI is InChI=1S/C25H29N3O3/c1-2-12-27-13-14-28(25(30)23-10-6-15-31-23)18-21(24(27)29)16-19-7-3-4-9-22(19)20-8-5-11-26-17-20/h2-5,7-9,11,17,21,23H,1,6,10,12-16,18H2/t21-,23-/m0/s1. The summed E-state index contributed by atoms with van der Waals surface area (Å²) in [4.78, 5) is 34.3. The van der Waals surface area contributed by atoms with Crippen molar-refractivity contribution in [2.75, 3.05) is 32.8 Å². The van der Waals surface area contributed by atoms with Crippen LogP contribution >= 0.6 is 0 Å². The lowest BCUT2D eigenvalue weighted by molar-refractivity contribution is -0.141. The SMILES string of the molecule is C=CCN1CCN(C(=O)[C@@H]2CCCO2)C[C@H](Cc2ccccc2-c2cccnc2)C1=O. The number of carbonyl (C=O) groups is 2. The van der Waals surface area contributed by atoms with Crippen LogP contribution in [-0.4, -0.2) is 65.5 Å². The normalized spacial score (nSPS) is 21.7. The van der Waals surface area contributed by atoms with E-state index < -0.39 is 0 Å². The molecular formula is C25H29N3O3. The highest BCUT2D eigenvalue weighted by Gasteiger charge is 2.35. The Morgan fingerprint density at radius 3 is 2.84 bits per heavy atom. The van der Waals surface area contributed by atoms with Crippen LogP contribution in [0.2, 0.25) is 0 Å². The molecule has 2 amide bonds. The Kier molecular flexibility index (Phi) is 6.77. The van der Waals surface area contributed by atoms with Gasteiger partial charge in [-0.3, -0.25) is 14.6 Å². The van der Waals surface area contributed by atoms with Crippen molar-refractivity contribution >= 4 is 11.8 Å². The number of hydrogen-bond donors (Lipinski definition) is 0. The molecule has 2 aliphatic rings. The van der Waals surface area contributed by atoms with Gasteiger partial charge in [0.1, 0.15) is 6.10 Å². The molecule has 2 aromatic rings.